The number of aryl methyl sites for hydroxylation is 1. The van der Waals surface area contributed by atoms with Crippen LogP contribution in [0, 0.1) is 6.92 Å². The topological polar surface area (TPSA) is 76.1 Å². The fourth-order valence-electron chi connectivity index (χ4n) is 2.68. The van der Waals surface area contributed by atoms with Crippen molar-refractivity contribution in [3.8, 4) is 5.75 Å². The van der Waals surface area contributed by atoms with E-state index in [0.29, 0.717) is 23.9 Å². The number of aromatic nitrogens is 2. The Hall–Kier alpha value is -3.41. The summed E-state index contributed by atoms with van der Waals surface area (Å²) in [6.45, 7) is 6.15. The summed E-state index contributed by atoms with van der Waals surface area (Å²) in [7, 11) is 0. The molecule has 1 heterocycles. The number of carbonyl (C=O) groups excluding carboxylic acids is 1. The number of hydrogen-bond acceptors (Lipinski definition) is 5. The van der Waals surface area contributed by atoms with E-state index >= 15 is 0 Å². The molecular weight excluding hydrogens is 352 g/mol. The summed E-state index contributed by atoms with van der Waals surface area (Å²) in [6.07, 6.45) is 0.0504. The number of nitrogens with zero attached hydrogens (tertiary/aromatic N) is 2. The molecule has 3 aromatic rings. The zero-order valence-electron chi connectivity index (χ0n) is 16.3. The number of para-hydroxylation sites is 2. The maximum absolute atomic E-state index is 12.5. The Morgan fingerprint density at radius 1 is 1.04 bits per heavy atom. The monoisotopic (exact) mass is 376 g/mol. The van der Waals surface area contributed by atoms with Crippen molar-refractivity contribution in [2.45, 2.75) is 33.4 Å². The minimum absolute atomic E-state index is 0.0504. The maximum Gasteiger partial charge on any atom is 0.270 e. The lowest BCUT2D eigenvalue weighted by atomic mass is 10.2. The van der Waals surface area contributed by atoms with Crippen molar-refractivity contribution < 1.29 is 9.53 Å². The molecule has 1 aromatic heterocycles. The highest BCUT2D eigenvalue weighted by Crippen LogP contribution is 2.27. The lowest BCUT2D eigenvalue weighted by Crippen LogP contribution is -2.24. The summed E-state index contributed by atoms with van der Waals surface area (Å²) >= 11 is 0. The average Bonchev–Trinajstić information content (AvgIpc) is 2.67. The molecule has 2 aromatic carbocycles. The molecule has 6 heteroatoms. The van der Waals surface area contributed by atoms with Crippen molar-refractivity contribution in [2.24, 2.45) is 0 Å². The van der Waals surface area contributed by atoms with E-state index in [0.717, 1.165) is 17.0 Å². The maximum atomic E-state index is 12.5. The molecule has 0 spiro atoms. The molecule has 3 rings (SSSR count). The van der Waals surface area contributed by atoms with Crippen LogP contribution in [0.4, 0.5) is 11.5 Å². The number of carbonyl (C=O) groups is 1. The van der Waals surface area contributed by atoms with Gasteiger partial charge in [-0.1, -0.05) is 42.5 Å². The number of nitrogens with one attached hydrogen (secondary N) is 2. The van der Waals surface area contributed by atoms with E-state index in [4.69, 9.17) is 4.74 Å². The van der Waals surface area contributed by atoms with Gasteiger partial charge in [-0.25, -0.2) is 9.97 Å². The van der Waals surface area contributed by atoms with Crippen LogP contribution >= 0.6 is 0 Å². The van der Waals surface area contributed by atoms with Crippen LogP contribution in [0.25, 0.3) is 0 Å². The van der Waals surface area contributed by atoms with Crippen LogP contribution < -0.4 is 15.4 Å². The second kappa shape index (κ2) is 8.99. The van der Waals surface area contributed by atoms with E-state index < -0.39 is 0 Å². The third-order valence-corrected chi connectivity index (χ3v) is 3.88. The van der Waals surface area contributed by atoms with Crippen molar-refractivity contribution in [2.75, 3.05) is 5.32 Å². The van der Waals surface area contributed by atoms with Gasteiger partial charge in [0.05, 0.1) is 11.8 Å². The third-order valence-electron chi connectivity index (χ3n) is 3.88. The predicted octanol–water partition coefficient (Wildman–Crippen LogP) is 4.25. The average molecular weight is 376 g/mol. The predicted molar refractivity (Wildman–Crippen MR) is 110 cm³/mol. The van der Waals surface area contributed by atoms with Crippen LogP contribution in [0.15, 0.2) is 60.7 Å². The zero-order chi connectivity index (χ0) is 19.9. The SMILES string of the molecule is Cc1nc(Nc2ccccc2OC(C)C)cc(C(=O)NCc2ccccc2)n1. The molecule has 0 aliphatic carbocycles. The molecule has 2 N–H and O–H groups in total. The number of anilines is 2. The summed E-state index contributed by atoms with van der Waals surface area (Å²) in [5, 5.41) is 6.12. The molecule has 0 aliphatic heterocycles. The number of rotatable bonds is 7. The second-order valence-electron chi connectivity index (χ2n) is 6.64. The molecule has 0 bridgehead atoms. The first-order chi connectivity index (χ1) is 13.5. The first-order valence-corrected chi connectivity index (χ1v) is 9.22. The van der Waals surface area contributed by atoms with E-state index in [-0.39, 0.29) is 12.0 Å². The van der Waals surface area contributed by atoms with Crippen LogP contribution in [0.3, 0.4) is 0 Å². The van der Waals surface area contributed by atoms with E-state index in [1.807, 2.05) is 68.4 Å². The minimum atomic E-state index is -0.246. The fourth-order valence-corrected chi connectivity index (χ4v) is 2.68. The van der Waals surface area contributed by atoms with Crippen LogP contribution in [-0.4, -0.2) is 22.0 Å². The van der Waals surface area contributed by atoms with Gasteiger partial charge in [0.25, 0.3) is 5.91 Å². The Morgan fingerprint density at radius 3 is 2.50 bits per heavy atom. The number of amides is 1. The van der Waals surface area contributed by atoms with E-state index in [9.17, 15) is 4.79 Å². The fraction of sp³-hybridized carbons (Fsp3) is 0.227. The highest BCUT2D eigenvalue weighted by molar-refractivity contribution is 5.93. The van der Waals surface area contributed by atoms with Gasteiger partial charge in [0.2, 0.25) is 0 Å². The molecule has 0 aliphatic rings. The molecule has 1 amide bonds. The molecule has 0 saturated heterocycles. The van der Waals surface area contributed by atoms with E-state index in [1.165, 1.54) is 0 Å². The smallest absolute Gasteiger partial charge is 0.270 e. The molecule has 144 valence electrons. The molecule has 0 fully saturated rings. The quantitative estimate of drug-likeness (QED) is 0.645. The standard InChI is InChI=1S/C22H24N4O2/c1-15(2)28-20-12-8-7-11-18(20)26-21-13-19(24-16(3)25-21)22(27)23-14-17-9-5-4-6-10-17/h4-13,15H,14H2,1-3H3,(H,23,27)(H,24,25,26). The second-order valence-corrected chi connectivity index (χ2v) is 6.64. The van der Waals surface area contributed by atoms with E-state index in [1.54, 1.807) is 13.0 Å². The van der Waals surface area contributed by atoms with Gasteiger partial charge in [-0.3, -0.25) is 4.79 Å². The largest absolute Gasteiger partial charge is 0.489 e. The van der Waals surface area contributed by atoms with Gasteiger partial charge in [0.15, 0.2) is 0 Å². The Balaban J connectivity index is 1.75. The Morgan fingerprint density at radius 2 is 1.75 bits per heavy atom. The van der Waals surface area contributed by atoms with Crippen molar-refractivity contribution in [1.82, 2.24) is 15.3 Å². The van der Waals surface area contributed by atoms with Crippen molar-refractivity contribution in [3.63, 3.8) is 0 Å². The zero-order valence-corrected chi connectivity index (χ0v) is 16.3. The van der Waals surface area contributed by atoms with Gasteiger partial charge in [-0.05, 0) is 38.5 Å². The molecule has 0 radical (unpaired) electrons. The van der Waals surface area contributed by atoms with Crippen molar-refractivity contribution >= 4 is 17.4 Å². The van der Waals surface area contributed by atoms with E-state index in [2.05, 4.69) is 20.6 Å². The number of ether oxygens (including phenoxy) is 1. The van der Waals surface area contributed by atoms with Crippen LogP contribution in [0.2, 0.25) is 0 Å². The third kappa shape index (κ3) is 5.30. The lowest BCUT2D eigenvalue weighted by Gasteiger charge is -2.15. The summed E-state index contributed by atoms with van der Waals surface area (Å²) in [5.41, 5.74) is 2.12. The van der Waals surface area contributed by atoms with Gasteiger partial charge in [-0.15, -0.1) is 0 Å². The van der Waals surface area contributed by atoms with Gasteiger partial charge in [0.1, 0.15) is 23.1 Å². The summed E-state index contributed by atoms with van der Waals surface area (Å²) in [5.74, 6) is 1.53. The van der Waals surface area contributed by atoms with Crippen molar-refractivity contribution in [3.05, 3.63) is 77.7 Å². The number of benzene rings is 2. The highest BCUT2D eigenvalue weighted by atomic mass is 16.5. The summed E-state index contributed by atoms with van der Waals surface area (Å²) < 4.78 is 5.83. The minimum Gasteiger partial charge on any atom is -0.489 e. The Bertz CT molecular complexity index is 942. The number of hydrogen-bond donors (Lipinski definition) is 2. The van der Waals surface area contributed by atoms with Crippen molar-refractivity contribution in [1.29, 1.82) is 0 Å². The molecule has 0 atom stereocenters. The Kier molecular flexibility index (Phi) is 6.22. The van der Waals surface area contributed by atoms with Crippen LogP contribution in [0.5, 0.6) is 5.75 Å². The van der Waals surface area contributed by atoms with Gasteiger partial charge in [0, 0.05) is 12.6 Å². The lowest BCUT2D eigenvalue weighted by molar-refractivity contribution is 0.0945. The highest BCUT2D eigenvalue weighted by Gasteiger charge is 2.12. The van der Waals surface area contributed by atoms with Gasteiger partial charge in [-0.2, -0.15) is 0 Å². The Labute approximate surface area is 165 Å². The first kappa shape index (κ1) is 19.4. The molecule has 6 nitrogen and oxygen atoms in total. The molecule has 28 heavy (non-hydrogen) atoms. The van der Waals surface area contributed by atoms with Gasteiger partial charge >= 0.3 is 0 Å². The normalized spacial score (nSPS) is 10.6. The first-order valence-electron chi connectivity index (χ1n) is 9.22. The molecule has 0 saturated carbocycles. The molecular formula is C22H24N4O2. The summed E-state index contributed by atoms with van der Waals surface area (Å²) in [6, 6.07) is 19.0. The molecule has 0 unspecified atom stereocenters. The van der Waals surface area contributed by atoms with Crippen LogP contribution in [0.1, 0.15) is 35.7 Å². The summed E-state index contributed by atoms with van der Waals surface area (Å²) in [4.78, 5) is 21.2. The van der Waals surface area contributed by atoms with Crippen LogP contribution in [-0.2, 0) is 6.54 Å². The van der Waals surface area contributed by atoms with Gasteiger partial charge < -0.3 is 15.4 Å².